The third-order valence-electron chi connectivity index (χ3n) is 2.43. The summed E-state index contributed by atoms with van der Waals surface area (Å²) < 4.78 is 5.42. The zero-order chi connectivity index (χ0) is 10.2. The first-order valence-corrected chi connectivity index (χ1v) is 5.65. The van der Waals surface area contributed by atoms with Crippen molar-refractivity contribution < 1.29 is 4.42 Å². The first kappa shape index (κ1) is 11.3. The average molecular weight is 195 g/mol. The maximum Gasteiger partial charge on any atom is 0.120 e. The van der Waals surface area contributed by atoms with E-state index in [0.717, 1.165) is 12.3 Å². The molecule has 0 fully saturated rings. The van der Waals surface area contributed by atoms with Gasteiger partial charge >= 0.3 is 0 Å². The molecule has 0 aliphatic rings. The molecular weight excluding hydrogens is 174 g/mol. The predicted octanol–water partition coefficient (Wildman–Crippen LogP) is 3.51. The van der Waals surface area contributed by atoms with E-state index in [1.807, 2.05) is 6.07 Å². The van der Waals surface area contributed by atoms with Crippen LogP contribution >= 0.6 is 0 Å². The summed E-state index contributed by atoms with van der Waals surface area (Å²) in [5.74, 6) is 1.07. The molecule has 14 heavy (non-hydrogen) atoms. The van der Waals surface area contributed by atoms with Gasteiger partial charge < -0.3 is 9.73 Å². The van der Waals surface area contributed by atoms with E-state index in [1.54, 1.807) is 6.26 Å². The molecule has 0 saturated heterocycles. The van der Waals surface area contributed by atoms with Gasteiger partial charge in [-0.05, 0) is 25.1 Å². The maximum absolute atomic E-state index is 5.42. The van der Waals surface area contributed by atoms with Gasteiger partial charge in [0.15, 0.2) is 0 Å². The number of nitrogens with one attached hydrogen (secondary N) is 1. The Hall–Kier alpha value is -0.760. The summed E-state index contributed by atoms with van der Waals surface area (Å²) in [6.07, 6.45) is 6.78. The molecule has 2 nitrogen and oxygen atoms in total. The van der Waals surface area contributed by atoms with Crippen LogP contribution in [0, 0.1) is 0 Å². The Morgan fingerprint density at radius 1 is 1.36 bits per heavy atom. The summed E-state index contributed by atoms with van der Waals surface area (Å²) in [5, 5.41) is 3.45. The normalized spacial score (nSPS) is 13.0. The molecule has 0 radical (unpaired) electrons. The highest BCUT2D eigenvalue weighted by atomic mass is 16.3. The highest BCUT2D eigenvalue weighted by molar-refractivity contribution is 5.04. The van der Waals surface area contributed by atoms with Crippen LogP contribution in [0.25, 0.3) is 0 Å². The second-order valence-electron chi connectivity index (χ2n) is 3.62. The lowest BCUT2D eigenvalue weighted by atomic mass is 10.1. The van der Waals surface area contributed by atoms with E-state index in [1.165, 1.54) is 25.7 Å². The predicted molar refractivity (Wildman–Crippen MR) is 59.3 cm³/mol. The van der Waals surface area contributed by atoms with Gasteiger partial charge in [0, 0.05) is 0 Å². The molecule has 1 unspecified atom stereocenters. The number of hydrogen-bond donors (Lipinski definition) is 1. The second kappa shape index (κ2) is 6.66. The third-order valence-corrected chi connectivity index (χ3v) is 2.43. The lowest BCUT2D eigenvalue weighted by Crippen LogP contribution is -2.20. The lowest BCUT2D eigenvalue weighted by Gasteiger charge is -2.14. The smallest absolute Gasteiger partial charge is 0.120 e. The van der Waals surface area contributed by atoms with Crippen LogP contribution in [0.3, 0.4) is 0 Å². The van der Waals surface area contributed by atoms with Crippen LogP contribution in [0.1, 0.15) is 51.3 Å². The lowest BCUT2D eigenvalue weighted by molar-refractivity contribution is 0.391. The van der Waals surface area contributed by atoms with E-state index in [4.69, 9.17) is 4.42 Å². The molecule has 80 valence electrons. The molecule has 1 aromatic heterocycles. The Morgan fingerprint density at radius 2 is 2.21 bits per heavy atom. The van der Waals surface area contributed by atoms with E-state index in [9.17, 15) is 0 Å². The molecular formula is C12H21NO. The van der Waals surface area contributed by atoms with Crippen LogP contribution < -0.4 is 5.32 Å². The second-order valence-corrected chi connectivity index (χ2v) is 3.62. The first-order valence-electron chi connectivity index (χ1n) is 5.65. The largest absolute Gasteiger partial charge is 0.468 e. The Morgan fingerprint density at radius 3 is 2.79 bits per heavy atom. The minimum Gasteiger partial charge on any atom is -0.468 e. The van der Waals surface area contributed by atoms with Gasteiger partial charge in [0.1, 0.15) is 5.76 Å². The van der Waals surface area contributed by atoms with Crippen LogP contribution in [-0.4, -0.2) is 6.54 Å². The maximum atomic E-state index is 5.42. The zero-order valence-electron chi connectivity index (χ0n) is 9.25. The molecule has 2 heteroatoms. The minimum absolute atomic E-state index is 0.404. The monoisotopic (exact) mass is 195 g/mol. The van der Waals surface area contributed by atoms with Crippen molar-refractivity contribution in [2.45, 2.75) is 45.6 Å². The molecule has 0 saturated carbocycles. The van der Waals surface area contributed by atoms with Crippen molar-refractivity contribution in [3.63, 3.8) is 0 Å². The molecule has 0 spiro atoms. The van der Waals surface area contributed by atoms with Crippen molar-refractivity contribution in [2.24, 2.45) is 0 Å². The SMILES string of the molecule is CCCCCC(NCC)c1ccco1. The van der Waals surface area contributed by atoms with Crippen molar-refractivity contribution in [1.82, 2.24) is 5.32 Å². The van der Waals surface area contributed by atoms with Crippen molar-refractivity contribution >= 4 is 0 Å². The van der Waals surface area contributed by atoms with Crippen molar-refractivity contribution in [3.05, 3.63) is 24.2 Å². The Kier molecular flexibility index (Phi) is 5.38. The summed E-state index contributed by atoms with van der Waals surface area (Å²) in [4.78, 5) is 0. The van der Waals surface area contributed by atoms with E-state index >= 15 is 0 Å². The van der Waals surface area contributed by atoms with E-state index in [0.29, 0.717) is 6.04 Å². The molecule has 1 aromatic rings. The Balaban J connectivity index is 2.39. The summed E-state index contributed by atoms with van der Waals surface area (Å²) in [6, 6.07) is 4.42. The summed E-state index contributed by atoms with van der Waals surface area (Å²) in [5.41, 5.74) is 0. The fourth-order valence-electron chi connectivity index (χ4n) is 1.68. The number of hydrogen-bond acceptors (Lipinski definition) is 2. The summed E-state index contributed by atoms with van der Waals surface area (Å²) in [6.45, 7) is 5.36. The first-order chi connectivity index (χ1) is 6.88. The molecule has 1 atom stereocenters. The van der Waals surface area contributed by atoms with Gasteiger partial charge in [-0.2, -0.15) is 0 Å². The highest BCUT2D eigenvalue weighted by Crippen LogP contribution is 2.19. The highest BCUT2D eigenvalue weighted by Gasteiger charge is 2.11. The molecule has 1 rings (SSSR count). The topological polar surface area (TPSA) is 25.2 Å². The zero-order valence-corrected chi connectivity index (χ0v) is 9.25. The average Bonchev–Trinajstić information content (AvgIpc) is 2.70. The Bertz CT molecular complexity index is 218. The van der Waals surface area contributed by atoms with E-state index in [2.05, 4.69) is 25.2 Å². The molecule has 0 aromatic carbocycles. The van der Waals surface area contributed by atoms with Crippen molar-refractivity contribution in [3.8, 4) is 0 Å². The van der Waals surface area contributed by atoms with Crippen LogP contribution in [0.2, 0.25) is 0 Å². The molecule has 1 N–H and O–H groups in total. The van der Waals surface area contributed by atoms with Gasteiger partial charge in [0.25, 0.3) is 0 Å². The van der Waals surface area contributed by atoms with Gasteiger partial charge in [-0.1, -0.05) is 33.1 Å². The van der Waals surface area contributed by atoms with Gasteiger partial charge in [-0.15, -0.1) is 0 Å². The van der Waals surface area contributed by atoms with Crippen LogP contribution in [0.5, 0.6) is 0 Å². The van der Waals surface area contributed by atoms with Crippen molar-refractivity contribution in [2.75, 3.05) is 6.54 Å². The van der Waals surface area contributed by atoms with E-state index < -0.39 is 0 Å². The van der Waals surface area contributed by atoms with Crippen LogP contribution in [0.15, 0.2) is 22.8 Å². The standard InChI is InChI=1S/C12H21NO/c1-3-5-6-8-11(13-4-2)12-9-7-10-14-12/h7,9-11,13H,3-6,8H2,1-2H3. The molecule has 0 bridgehead atoms. The van der Waals surface area contributed by atoms with Gasteiger partial charge in [-0.3, -0.25) is 0 Å². The molecule has 1 heterocycles. The number of unbranched alkanes of at least 4 members (excludes halogenated alkanes) is 2. The van der Waals surface area contributed by atoms with Crippen LogP contribution in [-0.2, 0) is 0 Å². The number of furan rings is 1. The van der Waals surface area contributed by atoms with Gasteiger partial charge in [0.2, 0.25) is 0 Å². The Labute approximate surface area is 86.7 Å². The van der Waals surface area contributed by atoms with Gasteiger partial charge in [0.05, 0.1) is 12.3 Å². The third kappa shape index (κ3) is 3.54. The fraction of sp³-hybridized carbons (Fsp3) is 0.667. The summed E-state index contributed by atoms with van der Waals surface area (Å²) >= 11 is 0. The molecule has 0 aliphatic heterocycles. The summed E-state index contributed by atoms with van der Waals surface area (Å²) in [7, 11) is 0. The molecule has 0 amide bonds. The van der Waals surface area contributed by atoms with Crippen molar-refractivity contribution in [1.29, 1.82) is 0 Å². The number of rotatable bonds is 7. The fourth-order valence-corrected chi connectivity index (χ4v) is 1.68. The minimum atomic E-state index is 0.404. The van der Waals surface area contributed by atoms with E-state index in [-0.39, 0.29) is 0 Å². The molecule has 0 aliphatic carbocycles. The quantitative estimate of drug-likeness (QED) is 0.673. The van der Waals surface area contributed by atoms with Crippen LogP contribution in [0.4, 0.5) is 0 Å². The van der Waals surface area contributed by atoms with Gasteiger partial charge in [-0.25, -0.2) is 0 Å².